The van der Waals surface area contributed by atoms with E-state index in [2.05, 4.69) is 16.3 Å². The monoisotopic (exact) mass is 378 g/mol. The molecule has 4 rings (SSSR count). The zero-order valence-corrected chi connectivity index (χ0v) is 15.8. The third-order valence-electron chi connectivity index (χ3n) is 4.56. The number of aryl methyl sites for hydroxylation is 1. The van der Waals surface area contributed by atoms with E-state index in [1.807, 2.05) is 49.6 Å². The molecule has 0 spiro atoms. The molecule has 3 aromatic rings. The Kier molecular flexibility index (Phi) is 4.34. The molecule has 27 heavy (non-hydrogen) atoms. The fraction of sp³-hybridized carbons (Fsp3) is 0.200. The SMILES string of the molecule is CCOc1ccc(-c2[nH]nc3c2[C@H](c2sccc2C)C(C#N)=C(N)O3)cc1. The normalized spacial score (nSPS) is 15.8. The van der Waals surface area contributed by atoms with Crippen molar-refractivity contribution in [3.8, 4) is 29.0 Å². The van der Waals surface area contributed by atoms with Gasteiger partial charge in [-0.2, -0.15) is 5.26 Å². The van der Waals surface area contributed by atoms with E-state index in [1.54, 1.807) is 11.3 Å². The average Bonchev–Trinajstić information content (AvgIpc) is 3.27. The number of ether oxygens (including phenoxy) is 2. The van der Waals surface area contributed by atoms with Crippen LogP contribution in [0.5, 0.6) is 11.6 Å². The van der Waals surface area contributed by atoms with Crippen LogP contribution in [-0.4, -0.2) is 16.8 Å². The van der Waals surface area contributed by atoms with E-state index in [0.29, 0.717) is 18.1 Å². The van der Waals surface area contributed by atoms with E-state index < -0.39 is 0 Å². The highest BCUT2D eigenvalue weighted by Crippen LogP contribution is 2.47. The van der Waals surface area contributed by atoms with Crippen molar-refractivity contribution in [3.05, 3.63) is 63.2 Å². The second-order valence-electron chi connectivity index (χ2n) is 6.17. The van der Waals surface area contributed by atoms with Gasteiger partial charge >= 0.3 is 0 Å². The number of allylic oxidation sites excluding steroid dienone is 1. The first kappa shape index (κ1) is 17.2. The number of aromatic amines is 1. The first-order valence-electron chi connectivity index (χ1n) is 8.57. The summed E-state index contributed by atoms with van der Waals surface area (Å²) < 4.78 is 11.2. The molecule has 0 amide bonds. The highest BCUT2D eigenvalue weighted by atomic mass is 32.1. The Hall–Kier alpha value is -3.24. The molecule has 3 heterocycles. The van der Waals surface area contributed by atoms with Gasteiger partial charge in [-0.15, -0.1) is 16.4 Å². The van der Waals surface area contributed by atoms with Crippen molar-refractivity contribution in [2.75, 3.05) is 6.61 Å². The number of nitrogens with one attached hydrogen (secondary N) is 1. The van der Waals surface area contributed by atoms with Crippen LogP contribution in [0.2, 0.25) is 0 Å². The number of rotatable bonds is 4. The maximum Gasteiger partial charge on any atom is 0.244 e. The molecule has 1 aliphatic heterocycles. The first-order valence-corrected chi connectivity index (χ1v) is 9.45. The van der Waals surface area contributed by atoms with Crippen LogP contribution in [0, 0.1) is 18.3 Å². The van der Waals surface area contributed by atoms with Gasteiger partial charge in [0, 0.05) is 10.4 Å². The van der Waals surface area contributed by atoms with Gasteiger partial charge in [-0.25, -0.2) is 0 Å². The number of fused-ring (bicyclic) bond motifs is 1. The van der Waals surface area contributed by atoms with Gasteiger partial charge in [-0.3, -0.25) is 5.10 Å². The lowest BCUT2D eigenvalue weighted by atomic mass is 9.86. The van der Waals surface area contributed by atoms with E-state index in [9.17, 15) is 5.26 Å². The number of hydrogen-bond acceptors (Lipinski definition) is 6. The van der Waals surface area contributed by atoms with Crippen molar-refractivity contribution in [2.24, 2.45) is 5.73 Å². The molecule has 0 fully saturated rings. The minimum Gasteiger partial charge on any atom is -0.494 e. The molecule has 0 saturated heterocycles. The highest BCUT2D eigenvalue weighted by molar-refractivity contribution is 7.10. The molecule has 6 nitrogen and oxygen atoms in total. The van der Waals surface area contributed by atoms with Crippen LogP contribution in [0.3, 0.4) is 0 Å². The Morgan fingerprint density at radius 2 is 2.11 bits per heavy atom. The van der Waals surface area contributed by atoms with Gasteiger partial charge in [0.05, 0.1) is 23.8 Å². The van der Waals surface area contributed by atoms with Gasteiger partial charge in [-0.1, -0.05) is 0 Å². The van der Waals surface area contributed by atoms with Crippen LogP contribution >= 0.6 is 11.3 Å². The summed E-state index contributed by atoms with van der Waals surface area (Å²) in [6.45, 7) is 4.59. The van der Waals surface area contributed by atoms with E-state index in [4.69, 9.17) is 15.2 Å². The van der Waals surface area contributed by atoms with Crippen molar-refractivity contribution in [3.63, 3.8) is 0 Å². The average molecular weight is 378 g/mol. The molecular formula is C20H18N4O2S. The summed E-state index contributed by atoms with van der Waals surface area (Å²) in [5.41, 5.74) is 10.1. The number of benzene rings is 1. The van der Waals surface area contributed by atoms with Gasteiger partial charge < -0.3 is 15.2 Å². The molecule has 1 aliphatic rings. The zero-order valence-electron chi connectivity index (χ0n) is 14.9. The van der Waals surface area contributed by atoms with Crippen LogP contribution in [0.1, 0.15) is 28.8 Å². The summed E-state index contributed by atoms with van der Waals surface area (Å²) >= 11 is 1.60. The fourth-order valence-corrected chi connectivity index (χ4v) is 4.34. The van der Waals surface area contributed by atoms with Gasteiger partial charge in [0.2, 0.25) is 11.8 Å². The molecular weight excluding hydrogens is 360 g/mol. The quantitative estimate of drug-likeness (QED) is 0.713. The van der Waals surface area contributed by atoms with Crippen molar-refractivity contribution in [1.82, 2.24) is 10.2 Å². The van der Waals surface area contributed by atoms with Gasteiger partial charge in [0.25, 0.3) is 0 Å². The molecule has 1 aromatic carbocycles. The molecule has 0 bridgehead atoms. The summed E-state index contributed by atoms with van der Waals surface area (Å²) in [6, 6.07) is 12.0. The van der Waals surface area contributed by atoms with Crippen LogP contribution in [0.4, 0.5) is 0 Å². The van der Waals surface area contributed by atoms with E-state index >= 15 is 0 Å². The molecule has 136 valence electrons. The summed E-state index contributed by atoms with van der Waals surface area (Å²) in [5, 5.41) is 19.1. The molecule has 0 radical (unpaired) electrons. The minimum atomic E-state index is -0.306. The van der Waals surface area contributed by atoms with Crippen LogP contribution in [0.25, 0.3) is 11.3 Å². The Bertz CT molecular complexity index is 1060. The van der Waals surface area contributed by atoms with E-state index in [0.717, 1.165) is 33.0 Å². The van der Waals surface area contributed by atoms with E-state index in [-0.39, 0.29) is 11.8 Å². The molecule has 1 atom stereocenters. The maximum atomic E-state index is 9.73. The molecule has 7 heteroatoms. The number of H-pyrrole nitrogens is 1. The number of nitrogens with two attached hydrogens (primary N) is 1. The molecule has 0 saturated carbocycles. The van der Waals surface area contributed by atoms with Gasteiger partial charge in [0.1, 0.15) is 17.4 Å². The smallest absolute Gasteiger partial charge is 0.244 e. The lowest BCUT2D eigenvalue weighted by molar-refractivity contribution is 0.340. The molecule has 0 aliphatic carbocycles. The Labute approximate surface area is 160 Å². The third-order valence-corrected chi connectivity index (χ3v) is 5.64. The summed E-state index contributed by atoms with van der Waals surface area (Å²) in [5.74, 6) is 1.01. The predicted molar refractivity (Wildman–Crippen MR) is 104 cm³/mol. The summed E-state index contributed by atoms with van der Waals surface area (Å²) in [7, 11) is 0. The maximum absolute atomic E-state index is 9.73. The molecule has 2 aromatic heterocycles. The van der Waals surface area contributed by atoms with Gasteiger partial charge in [0.15, 0.2) is 0 Å². The van der Waals surface area contributed by atoms with Crippen molar-refractivity contribution in [1.29, 1.82) is 5.26 Å². The molecule has 3 N–H and O–H groups in total. The second-order valence-corrected chi connectivity index (χ2v) is 7.12. The largest absolute Gasteiger partial charge is 0.494 e. The second kappa shape index (κ2) is 6.82. The number of thiophene rings is 1. The molecule has 0 unspecified atom stereocenters. The standard InChI is InChI=1S/C20H18N4O2S/c1-3-25-13-6-4-12(5-7-13)17-16-15(18-11(2)8-9-27-18)14(10-21)19(22)26-20(16)24-23-17/h4-9,15H,3,22H2,1-2H3,(H,23,24)/t15-/m1/s1. The summed E-state index contributed by atoms with van der Waals surface area (Å²) in [6.07, 6.45) is 0. The van der Waals surface area contributed by atoms with Crippen molar-refractivity contribution >= 4 is 11.3 Å². The van der Waals surface area contributed by atoms with Crippen LogP contribution in [-0.2, 0) is 0 Å². The van der Waals surface area contributed by atoms with Crippen molar-refractivity contribution < 1.29 is 9.47 Å². The first-order chi connectivity index (χ1) is 13.1. The Morgan fingerprint density at radius 3 is 2.74 bits per heavy atom. The lowest BCUT2D eigenvalue weighted by Crippen LogP contribution is -2.20. The zero-order chi connectivity index (χ0) is 19.0. The predicted octanol–water partition coefficient (Wildman–Crippen LogP) is 4.06. The number of aromatic nitrogens is 2. The number of nitrogens with zero attached hydrogens (tertiary/aromatic N) is 2. The minimum absolute atomic E-state index is 0.104. The topological polar surface area (TPSA) is 97.0 Å². The van der Waals surface area contributed by atoms with Crippen LogP contribution in [0.15, 0.2) is 47.2 Å². The highest BCUT2D eigenvalue weighted by Gasteiger charge is 2.36. The number of hydrogen-bond donors (Lipinski definition) is 2. The number of nitriles is 1. The Balaban J connectivity index is 1.87. The lowest BCUT2D eigenvalue weighted by Gasteiger charge is -2.23. The van der Waals surface area contributed by atoms with Crippen molar-refractivity contribution in [2.45, 2.75) is 19.8 Å². The Morgan fingerprint density at radius 1 is 1.33 bits per heavy atom. The summed E-state index contributed by atoms with van der Waals surface area (Å²) in [4.78, 5) is 1.06. The van der Waals surface area contributed by atoms with Crippen LogP contribution < -0.4 is 15.2 Å². The fourth-order valence-electron chi connectivity index (χ4n) is 3.29. The van der Waals surface area contributed by atoms with Gasteiger partial charge in [-0.05, 0) is 55.1 Å². The van der Waals surface area contributed by atoms with E-state index in [1.165, 1.54) is 0 Å². The third kappa shape index (κ3) is 2.84.